The smallest absolute Gasteiger partial charge is 0.123 e. The Kier molecular flexibility index (Phi) is 3.90. The van der Waals surface area contributed by atoms with Gasteiger partial charge in [-0.25, -0.2) is 4.39 Å². The first kappa shape index (κ1) is 17.8. The second-order valence-corrected chi connectivity index (χ2v) is 7.81. The van der Waals surface area contributed by atoms with Crippen LogP contribution in [0.15, 0.2) is 84.9 Å². The standard InChI is InChI=1S/C25H18ClFN2/c26-17-5-11-21-22-12-6-18(27)14-24(22)25(23(21)13-17,15-1-7-19(28)8-2-15)16-3-9-20(29)10-4-16/h1-14H,28-29H2. The molecule has 0 aliphatic heterocycles. The van der Waals surface area contributed by atoms with Crippen molar-refractivity contribution in [1.29, 1.82) is 0 Å². The first-order chi connectivity index (χ1) is 14.0. The summed E-state index contributed by atoms with van der Waals surface area (Å²) in [5, 5.41) is 0.632. The highest BCUT2D eigenvalue weighted by atomic mass is 35.5. The van der Waals surface area contributed by atoms with Crippen molar-refractivity contribution >= 4 is 23.0 Å². The van der Waals surface area contributed by atoms with Crippen LogP contribution in [0.2, 0.25) is 5.02 Å². The molecule has 4 aromatic rings. The molecule has 4 heteroatoms. The van der Waals surface area contributed by atoms with Crippen molar-refractivity contribution in [3.05, 3.63) is 118 Å². The molecule has 4 N–H and O–H groups in total. The zero-order chi connectivity index (χ0) is 20.2. The summed E-state index contributed by atoms with van der Waals surface area (Å²) in [6.45, 7) is 0. The van der Waals surface area contributed by atoms with Crippen molar-refractivity contribution < 1.29 is 4.39 Å². The fourth-order valence-corrected chi connectivity index (χ4v) is 4.70. The molecular weight excluding hydrogens is 383 g/mol. The Hall–Kier alpha value is -3.30. The Labute approximate surface area is 173 Å². The van der Waals surface area contributed by atoms with Crippen molar-refractivity contribution in [2.45, 2.75) is 5.41 Å². The maximum Gasteiger partial charge on any atom is 0.123 e. The zero-order valence-corrected chi connectivity index (χ0v) is 16.2. The Morgan fingerprint density at radius 2 is 1.10 bits per heavy atom. The maximum absolute atomic E-state index is 14.5. The van der Waals surface area contributed by atoms with Gasteiger partial charge in [0.25, 0.3) is 0 Å². The molecule has 29 heavy (non-hydrogen) atoms. The second kappa shape index (κ2) is 6.36. The monoisotopic (exact) mass is 400 g/mol. The lowest BCUT2D eigenvalue weighted by Gasteiger charge is -2.34. The summed E-state index contributed by atoms with van der Waals surface area (Å²) in [6.07, 6.45) is 0. The molecule has 0 unspecified atom stereocenters. The second-order valence-electron chi connectivity index (χ2n) is 7.37. The van der Waals surface area contributed by atoms with E-state index in [2.05, 4.69) is 0 Å². The van der Waals surface area contributed by atoms with Crippen LogP contribution >= 0.6 is 11.6 Å². The van der Waals surface area contributed by atoms with E-state index >= 15 is 0 Å². The minimum Gasteiger partial charge on any atom is -0.399 e. The molecule has 2 nitrogen and oxygen atoms in total. The fourth-order valence-electron chi connectivity index (χ4n) is 4.52. The van der Waals surface area contributed by atoms with Crippen molar-refractivity contribution in [3.63, 3.8) is 0 Å². The Morgan fingerprint density at radius 1 is 0.621 bits per heavy atom. The highest BCUT2D eigenvalue weighted by Crippen LogP contribution is 2.56. The van der Waals surface area contributed by atoms with Gasteiger partial charge in [-0.2, -0.15) is 0 Å². The van der Waals surface area contributed by atoms with Crippen molar-refractivity contribution in [1.82, 2.24) is 0 Å². The summed E-state index contributed by atoms with van der Waals surface area (Å²) in [6, 6.07) is 26.3. The Morgan fingerprint density at radius 3 is 1.66 bits per heavy atom. The number of hydrogen-bond acceptors (Lipinski definition) is 2. The van der Waals surface area contributed by atoms with E-state index in [9.17, 15) is 4.39 Å². The average molecular weight is 401 g/mol. The summed E-state index contributed by atoms with van der Waals surface area (Å²) in [5.41, 5.74) is 18.5. The summed E-state index contributed by atoms with van der Waals surface area (Å²) < 4.78 is 14.5. The van der Waals surface area contributed by atoms with Gasteiger partial charge in [-0.1, -0.05) is 48.0 Å². The van der Waals surface area contributed by atoms with Crippen LogP contribution < -0.4 is 11.5 Å². The van der Waals surface area contributed by atoms with Crippen molar-refractivity contribution in [2.24, 2.45) is 0 Å². The van der Waals surface area contributed by atoms with Gasteiger partial charge in [-0.05, 0) is 81.9 Å². The third kappa shape index (κ3) is 2.55. The minimum absolute atomic E-state index is 0.280. The van der Waals surface area contributed by atoms with Crippen LogP contribution in [-0.4, -0.2) is 0 Å². The van der Waals surface area contributed by atoms with Gasteiger partial charge in [0.2, 0.25) is 0 Å². The molecule has 0 aromatic heterocycles. The Balaban J connectivity index is 1.97. The summed E-state index contributed by atoms with van der Waals surface area (Å²) in [4.78, 5) is 0. The summed E-state index contributed by atoms with van der Waals surface area (Å²) >= 11 is 6.44. The molecule has 0 heterocycles. The molecule has 142 valence electrons. The van der Waals surface area contributed by atoms with E-state index in [1.807, 2.05) is 72.8 Å². The van der Waals surface area contributed by atoms with Crippen LogP contribution in [0.25, 0.3) is 11.1 Å². The summed E-state index contributed by atoms with van der Waals surface area (Å²) in [5.74, 6) is -0.280. The lowest BCUT2D eigenvalue weighted by Crippen LogP contribution is -2.28. The van der Waals surface area contributed by atoms with Gasteiger partial charge in [-0.15, -0.1) is 0 Å². The lowest BCUT2D eigenvalue weighted by molar-refractivity contribution is 0.621. The molecule has 0 spiro atoms. The van der Waals surface area contributed by atoms with Crippen LogP contribution in [0, 0.1) is 5.82 Å². The van der Waals surface area contributed by atoms with Gasteiger partial charge in [0, 0.05) is 16.4 Å². The molecule has 0 radical (unpaired) electrons. The van der Waals surface area contributed by atoms with Crippen LogP contribution in [0.5, 0.6) is 0 Å². The maximum atomic E-state index is 14.5. The van der Waals surface area contributed by atoms with E-state index < -0.39 is 5.41 Å². The first-order valence-corrected chi connectivity index (χ1v) is 9.70. The number of benzene rings is 4. The van der Waals surface area contributed by atoms with Gasteiger partial charge in [0.05, 0.1) is 5.41 Å². The number of anilines is 2. The molecule has 1 aliphatic rings. The van der Waals surface area contributed by atoms with Gasteiger partial charge < -0.3 is 11.5 Å². The molecule has 4 aromatic carbocycles. The van der Waals surface area contributed by atoms with E-state index in [-0.39, 0.29) is 5.82 Å². The average Bonchev–Trinajstić information content (AvgIpc) is 2.99. The van der Waals surface area contributed by atoms with E-state index in [0.29, 0.717) is 16.4 Å². The van der Waals surface area contributed by atoms with E-state index in [1.54, 1.807) is 6.07 Å². The van der Waals surface area contributed by atoms with Gasteiger partial charge in [0.15, 0.2) is 0 Å². The number of hydrogen-bond donors (Lipinski definition) is 2. The van der Waals surface area contributed by atoms with Crippen LogP contribution in [-0.2, 0) is 5.41 Å². The normalized spacial score (nSPS) is 13.7. The van der Waals surface area contributed by atoms with Crippen LogP contribution in [0.4, 0.5) is 15.8 Å². The third-order valence-electron chi connectivity index (χ3n) is 5.75. The van der Waals surface area contributed by atoms with E-state index in [4.69, 9.17) is 23.1 Å². The minimum atomic E-state index is -0.723. The summed E-state index contributed by atoms with van der Waals surface area (Å²) in [7, 11) is 0. The molecule has 0 amide bonds. The van der Waals surface area contributed by atoms with Gasteiger partial charge >= 0.3 is 0 Å². The topological polar surface area (TPSA) is 52.0 Å². The molecule has 0 bridgehead atoms. The quantitative estimate of drug-likeness (QED) is 0.357. The third-order valence-corrected chi connectivity index (χ3v) is 5.98. The molecule has 5 rings (SSSR count). The zero-order valence-electron chi connectivity index (χ0n) is 15.5. The number of nitrogens with two attached hydrogens (primary N) is 2. The molecular formula is C25H18ClFN2. The SMILES string of the molecule is Nc1ccc(C2(c3ccc(N)cc3)c3cc(F)ccc3-c3ccc(Cl)cc32)cc1. The molecule has 0 atom stereocenters. The predicted octanol–water partition coefficient (Wildman–Crippen LogP) is 6.01. The predicted molar refractivity (Wildman–Crippen MR) is 118 cm³/mol. The molecule has 0 saturated carbocycles. The largest absolute Gasteiger partial charge is 0.399 e. The Bertz CT molecular complexity index is 1130. The number of halogens is 2. The van der Waals surface area contributed by atoms with Crippen molar-refractivity contribution in [2.75, 3.05) is 11.5 Å². The molecule has 0 fully saturated rings. The number of rotatable bonds is 2. The molecule has 0 saturated heterocycles. The van der Waals surface area contributed by atoms with Gasteiger partial charge in [0.1, 0.15) is 5.82 Å². The van der Waals surface area contributed by atoms with E-state index in [0.717, 1.165) is 33.4 Å². The highest BCUT2D eigenvalue weighted by Gasteiger charge is 2.46. The molecule has 1 aliphatic carbocycles. The van der Waals surface area contributed by atoms with Crippen LogP contribution in [0.3, 0.4) is 0 Å². The lowest BCUT2D eigenvalue weighted by atomic mass is 9.67. The van der Waals surface area contributed by atoms with Crippen molar-refractivity contribution in [3.8, 4) is 11.1 Å². The highest BCUT2D eigenvalue weighted by molar-refractivity contribution is 6.30. The number of fused-ring (bicyclic) bond motifs is 3. The number of nitrogen functional groups attached to an aromatic ring is 2. The fraction of sp³-hybridized carbons (Fsp3) is 0.0400. The van der Waals surface area contributed by atoms with Crippen LogP contribution in [0.1, 0.15) is 22.3 Å². The van der Waals surface area contributed by atoms with Gasteiger partial charge in [-0.3, -0.25) is 0 Å². The van der Waals surface area contributed by atoms with E-state index in [1.165, 1.54) is 6.07 Å². The first-order valence-electron chi connectivity index (χ1n) is 9.32.